The smallest absolute Gasteiger partial charge is 0.123 e. The normalized spacial score (nSPS) is 38.9. The maximum absolute atomic E-state index is 6.62. The van der Waals surface area contributed by atoms with E-state index in [1.807, 2.05) is 24.5 Å². The van der Waals surface area contributed by atoms with Gasteiger partial charge in [-0.1, -0.05) is 41.5 Å². The molecule has 6 rings (SSSR count). The molecule has 182 valence electrons. The van der Waals surface area contributed by atoms with Crippen molar-refractivity contribution in [3.05, 3.63) is 36.7 Å². The molecule has 0 amide bonds. The van der Waals surface area contributed by atoms with Crippen molar-refractivity contribution >= 4 is 0 Å². The average molecular weight is 461 g/mol. The summed E-state index contributed by atoms with van der Waals surface area (Å²) in [6, 6.07) is 8.08. The number of rotatable bonds is 5. The van der Waals surface area contributed by atoms with Gasteiger partial charge in [0, 0.05) is 35.4 Å². The van der Waals surface area contributed by atoms with Gasteiger partial charge >= 0.3 is 0 Å². The summed E-state index contributed by atoms with van der Waals surface area (Å²) in [4.78, 5) is 9.26. The lowest BCUT2D eigenvalue weighted by Gasteiger charge is -2.39. The van der Waals surface area contributed by atoms with Crippen LogP contribution in [-0.4, -0.2) is 22.2 Å². The van der Waals surface area contributed by atoms with Crippen LogP contribution < -0.4 is 9.47 Å². The van der Waals surface area contributed by atoms with E-state index in [0.29, 0.717) is 10.8 Å². The molecule has 2 aromatic heterocycles. The first-order valence-electron chi connectivity index (χ1n) is 13.3. The summed E-state index contributed by atoms with van der Waals surface area (Å²) in [6.45, 7) is 14.6. The van der Waals surface area contributed by atoms with Crippen LogP contribution in [0.4, 0.5) is 0 Å². The molecule has 4 bridgehead atoms. The standard InChI is InChI=1S/C30H40N2O2/c1-27(2)19-7-11-29(27,5)25(15-19)33-21-9-13-31-23(17-21)24-18-22(10-14-32-24)34-26-16-20-8-12-30(26,6)28(20,3)4/h9-10,13-14,17-20,25-26H,7-8,11-12,15-16H2,1-6H3/t19-,20-,25+,26+,29+,30+/m1/s1. The molecule has 0 radical (unpaired) electrons. The van der Waals surface area contributed by atoms with E-state index < -0.39 is 0 Å². The molecule has 0 spiro atoms. The van der Waals surface area contributed by atoms with E-state index in [4.69, 9.17) is 9.47 Å². The third kappa shape index (κ3) is 2.96. The van der Waals surface area contributed by atoms with Crippen molar-refractivity contribution < 1.29 is 9.47 Å². The van der Waals surface area contributed by atoms with Crippen LogP contribution in [0.2, 0.25) is 0 Å². The summed E-state index contributed by atoms with van der Waals surface area (Å²) in [5, 5.41) is 0. The highest BCUT2D eigenvalue weighted by Crippen LogP contribution is 2.67. The largest absolute Gasteiger partial charge is 0.490 e. The zero-order valence-corrected chi connectivity index (χ0v) is 21.7. The number of nitrogens with zero attached hydrogens (tertiary/aromatic N) is 2. The minimum atomic E-state index is 0.234. The molecule has 2 heterocycles. The maximum Gasteiger partial charge on any atom is 0.123 e. The molecule has 4 nitrogen and oxygen atoms in total. The average Bonchev–Trinajstić information content (AvgIpc) is 3.32. The lowest BCUT2D eigenvalue weighted by molar-refractivity contribution is 0.0300. The van der Waals surface area contributed by atoms with Crippen LogP contribution in [0.5, 0.6) is 11.5 Å². The SMILES string of the molecule is CC1(C)[C@@H]2CC[C@@]1(C)[C@@H](Oc1ccnc(-c3cc(O[C@H]4C[C@H]5CC[C@]4(C)C5(C)C)ccn3)c1)C2. The Bertz CT molecular complexity index is 1020. The molecular weight excluding hydrogens is 420 g/mol. The monoisotopic (exact) mass is 460 g/mol. The molecule has 4 aliphatic carbocycles. The van der Waals surface area contributed by atoms with Gasteiger partial charge in [0.1, 0.15) is 23.7 Å². The van der Waals surface area contributed by atoms with Crippen LogP contribution >= 0.6 is 0 Å². The highest BCUT2D eigenvalue weighted by Gasteiger charge is 2.63. The van der Waals surface area contributed by atoms with Gasteiger partial charge in [0.15, 0.2) is 0 Å². The minimum Gasteiger partial charge on any atom is -0.490 e. The molecule has 2 aromatic rings. The van der Waals surface area contributed by atoms with Gasteiger partial charge in [-0.2, -0.15) is 0 Å². The molecule has 4 aliphatic rings. The second-order valence-electron chi connectivity index (χ2n) is 13.2. The molecule has 0 aromatic carbocycles. The van der Waals surface area contributed by atoms with E-state index in [-0.39, 0.29) is 23.0 Å². The second kappa shape index (κ2) is 7.21. The molecule has 4 saturated carbocycles. The van der Waals surface area contributed by atoms with Gasteiger partial charge in [0.25, 0.3) is 0 Å². The molecular formula is C30H40N2O2. The van der Waals surface area contributed by atoms with Crippen molar-refractivity contribution in [2.24, 2.45) is 33.5 Å². The second-order valence-corrected chi connectivity index (χ2v) is 13.2. The summed E-state index contributed by atoms with van der Waals surface area (Å²) in [5.41, 5.74) is 2.83. The molecule has 4 fully saturated rings. The molecule has 34 heavy (non-hydrogen) atoms. The molecule has 0 unspecified atom stereocenters. The van der Waals surface area contributed by atoms with Gasteiger partial charge in [0.2, 0.25) is 0 Å². The summed E-state index contributed by atoms with van der Waals surface area (Å²) in [5.74, 6) is 3.32. The molecule has 0 saturated heterocycles. The lowest BCUT2D eigenvalue weighted by atomic mass is 9.70. The quantitative estimate of drug-likeness (QED) is 0.468. The van der Waals surface area contributed by atoms with Crippen molar-refractivity contribution in [3.8, 4) is 22.9 Å². The van der Waals surface area contributed by atoms with E-state index in [1.54, 1.807) is 0 Å². The summed E-state index contributed by atoms with van der Waals surface area (Å²) < 4.78 is 13.2. The maximum atomic E-state index is 6.62. The Kier molecular flexibility index (Phi) is 4.74. The van der Waals surface area contributed by atoms with Gasteiger partial charge in [-0.15, -0.1) is 0 Å². The first-order valence-corrected chi connectivity index (χ1v) is 13.3. The predicted octanol–water partition coefficient (Wildman–Crippen LogP) is 7.33. The van der Waals surface area contributed by atoms with Gasteiger partial charge in [0.05, 0.1) is 11.4 Å². The number of hydrogen-bond donors (Lipinski definition) is 0. The Morgan fingerprint density at radius 1 is 0.676 bits per heavy atom. The van der Waals surface area contributed by atoms with Crippen molar-refractivity contribution in [1.82, 2.24) is 9.97 Å². The van der Waals surface area contributed by atoms with Gasteiger partial charge in [-0.25, -0.2) is 0 Å². The number of fused-ring (bicyclic) bond motifs is 4. The molecule has 6 atom stereocenters. The third-order valence-electron chi connectivity index (χ3n) is 11.7. The van der Waals surface area contributed by atoms with Gasteiger partial charge in [-0.3, -0.25) is 9.97 Å². The Hall–Kier alpha value is -2.10. The highest BCUT2D eigenvalue weighted by atomic mass is 16.5. The van der Waals surface area contributed by atoms with E-state index in [0.717, 1.165) is 47.6 Å². The van der Waals surface area contributed by atoms with E-state index in [1.165, 1.54) is 25.7 Å². The van der Waals surface area contributed by atoms with Crippen molar-refractivity contribution in [2.75, 3.05) is 0 Å². The fourth-order valence-corrected chi connectivity index (χ4v) is 8.19. The predicted molar refractivity (Wildman–Crippen MR) is 135 cm³/mol. The van der Waals surface area contributed by atoms with Crippen LogP contribution in [0.1, 0.15) is 80.1 Å². The van der Waals surface area contributed by atoms with E-state index >= 15 is 0 Å². The Morgan fingerprint density at radius 3 is 1.41 bits per heavy atom. The number of pyridine rings is 2. The zero-order chi connectivity index (χ0) is 23.9. The fraction of sp³-hybridized carbons (Fsp3) is 0.667. The summed E-state index contributed by atoms with van der Waals surface area (Å²) in [7, 11) is 0. The van der Waals surface area contributed by atoms with Crippen LogP contribution in [0.3, 0.4) is 0 Å². The van der Waals surface area contributed by atoms with Crippen LogP contribution in [-0.2, 0) is 0 Å². The van der Waals surface area contributed by atoms with Crippen molar-refractivity contribution in [3.63, 3.8) is 0 Å². The van der Waals surface area contributed by atoms with Crippen LogP contribution in [0, 0.1) is 33.5 Å². The number of hydrogen-bond acceptors (Lipinski definition) is 4. The summed E-state index contributed by atoms with van der Waals surface area (Å²) >= 11 is 0. The molecule has 4 heteroatoms. The van der Waals surface area contributed by atoms with Gasteiger partial charge < -0.3 is 9.47 Å². The van der Waals surface area contributed by atoms with E-state index in [2.05, 4.69) is 63.6 Å². The Balaban J connectivity index is 1.21. The van der Waals surface area contributed by atoms with Crippen LogP contribution in [0.15, 0.2) is 36.7 Å². The Labute approximate surface area is 204 Å². The lowest BCUT2D eigenvalue weighted by Crippen LogP contribution is -2.38. The molecule has 0 aliphatic heterocycles. The Morgan fingerprint density at radius 2 is 1.09 bits per heavy atom. The number of aromatic nitrogens is 2. The van der Waals surface area contributed by atoms with E-state index in [9.17, 15) is 0 Å². The summed E-state index contributed by atoms with van der Waals surface area (Å²) in [6.07, 6.45) is 11.7. The topological polar surface area (TPSA) is 44.2 Å². The van der Waals surface area contributed by atoms with Crippen molar-refractivity contribution in [1.29, 1.82) is 0 Å². The van der Waals surface area contributed by atoms with Crippen molar-refractivity contribution in [2.45, 2.75) is 92.3 Å². The first-order chi connectivity index (χ1) is 16.0. The number of ether oxygens (including phenoxy) is 2. The third-order valence-corrected chi connectivity index (χ3v) is 11.7. The fourth-order valence-electron chi connectivity index (χ4n) is 8.19. The minimum absolute atomic E-state index is 0.234. The zero-order valence-electron chi connectivity index (χ0n) is 21.7. The first kappa shape index (κ1) is 22.4. The molecule has 0 N–H and O–H groups in total. The highest BCUT2D eigenvalue weighted by molar-refractivity contribution is 5.57. The van der Waals surface area contributed by atoms with Gasteiger partial charge in [-0.05, 0) is 73.3 Å². The van der Waals surface area contributed by atoms with Crippen LogP contribution in [0.25, 0.3) is 11.4 Å².